The van der Waals surface area contributed by atoms with Crippen molar-refractivity contribution < 1.29 is 14.6 Å². The molecule has 2 aromatic carbocycles. The van der Waals surface area contributed by atoms with Crippen LogP contribution in [0.3, 0.4) is 0 Å². The second-order valence-corrected chi connectivity index (χ2v) is 5.92. The lowest BCUT2D eigenvalue weighted by molar-refractivity contribution is 0.351. The number of phenolic OH excluding ortho intramolecular Hbond substituents is 1. The van der Waals surface area contributed by atoms with Crippen LogP contribution in [0.1, 0.15) is 30.9 Å². The van der Waals surface area contributed by atoms with Gasteiger partial charge in [0.2, 0.25) is 0 Å². The molecule has 24 heavy (non-hydrogen) atoms. The number of aromatic nitrogens is 3. The Hall–Kier alpha value is -2.76. The van der Waals surface area contributed by atoms with Crippen LogP contribution in [-0.4, -0.2) is 34.3 Å². The lowest BCUT2D eigenvalue weighted by Crippen LogP contribution is -2.06. The average molecular weight is 327 g/mol. The molecule has 6 heteroatoms. The number of hydrogen-bond donors (Lipinski definition) is 1. The van der Waals surface area contributed by atoms with Gasteiger partial charge in [0.1, 0.15) is 11.3 Å². The van der Waals surface area contributed by atoms with Crippen molar-refractivity contribution in [2.75, 3.05) is 14.2 Å². The molecule has 0 aliphatic heterocycles. The fourth-order valence-corrected chi connectivity index (χ4v) is 2.93. The first-order chi connectivity index (χ1) is 11.6. The van der Waals surface area contributed by atoms with Crippen LogP contribution in [0.2, 0.25) is 0 Å². The first-order valence-electron chi connectivity index (χ1n) is 7.81. The number of phenols is 1. The highest BCUT2D eigenvalue weighted by molar-refractivity contribution is 5.74. The number of ether oxygens (including phenoxy) is 2. The molecule has 0 bridgehead atoms. The van der Waals surface area contributed by atoms with E-state index >= 15 is 0 Å². The smallest absolute Gasteiger partial charge is 0.167 e. The van der Waals surface area contributed by atoms with E-state index in [-0.39, 0.29) is 11.7 Å². The van der Waals surface area contributed by atoms with E-state index in [1.165, 1.54) is 0 Å². The molecule has 3 rings (SSSR count). The molecule has 0 saturated heterocycles. The molecule has 1 N–H and O–H groups in total. The number of benzene rings is 2. The van der Waals surface area contributed by atoms with E-state index in [9.17, 15) is 5.11 Å². The minimum Gasteiger partial charge on any atom is -0.504 e. The molecule has 0 fully saturated rings. The van der Waals surface area contributed by atoms with Crippen molar-refractivity contribution in [1.82, 2.24) is 15.0 Å². The predicted octanol–water partition coefficient (Wildman–Crippen LogP) is 3.33. The molecule has 126 valence electrons. The number of fused-ring (bicyclic) bond motifs is 1. The van der Waals surface area contributed by atoms with Gasteiger partial charge in [0.25, 0.3) is 0 Å². The summed E-state index contributed by atoms with van der Waals surface area (Å²) in [7, 11) is 3.17. The Morgan fingerprint density at radius 1 is 1.17 bits per heavy atom. The maximum Gasteiger partial charge on any atom is 0.167 e. The molecule has 0 saturated carbocycles. The van der Waals surface area contributed by atoms with Crippen molar-refractivity contribution in [3.63, 3.8) is 0 Å². The van der Waals surface area contributed by atoms with Gasteiger partial charge >= 0.3 is 0 Å². The number of para-hydroxylation sites is 1. The summed E-state index contributed by atoms with van der Waals surface area (Å²) in [5.41, 5.74) is 3.24. The second kappa shape index (κ2) is 6.39. The minimum atomic E-state index is 0.113. The van der Waals surface area contributed by atoms with Gasteiger partial charge in [-0.05, 0) is 24.1 Å². The summed E-state index contributed by atoms with van der Waals surface area (Å²) < 4.78 is 12.7. The Morgan fingerprint density at radius 3 is 2.58 bits per heavy atom. The monoisotopic (exact) mass is 327 g/mol. The second-order valence-electron chi connectivity index (χ2n) is 5.92. The molecular weight excluding hydrogens is 306 g/mol. The van der Waals surface area contributed by atoms with Crippen molar-refractivity contribution in [3.8, 4) is 17.2 Å². The van der Waals surface area contributed by atoms with Crippen molar-refractivity contribution in [2.45, 2.75) is 26.3 Å². The molecule has 0 spiro atoms. The van der Waals surface area contributed by atoms with Crippen LogP contribution in [0.5, 0.6) is 17.2 Å². The van der Waals surface area contributed by atoms with Crippen molar-refractivity contribution in [1.29, 1.82) is 0 Å². The molecule has 0 atom stereocenters. The Balaban J connectivity index is 2.11. The van der Waals surface area contributed by atoms with Crippen molar-refractivity contribution >= 4 is 11.0 Å². The third-order valence-corrected chi connectivity index (χ3v) is 4.08. The van der Waals surface area contributed by atoms with E-state index in [0.29, 0.717) is 23.6 Å². The molecule has 1 heterocycles. The van der Waals surface area contributed by atoms with Crippen LogP contribution >= 0.6 is 0 Å². The molecule has 3 aromatic rings. The van der Waals surface area contributed by atoms with Crippen molar-refractivity contribution in [3.05, 3.63) is 41.5 Å². The third kappa shape index (κ3) is 2.64. The third-order valence-electron chi connectivity index (χ3n) is 4.08. The molecule has 0 aliphatic rings. The van der Waals surface area contributed by atoms with Gasteiger partial charge in [0.05, 0.1) is 26.3 Å². The zero-order chi connectivity index (χ0) is 17.3. The van der Waals surface area contributed by atoms with Crippen LogP contribution in [0.15, 0.2) is 30.3 Å². The van der Waals surface area contributed by atoms with Crippen LogP contribution in [0.25, 0.3) is 11.0 Å². The molecular formula is C18H21N3O3. The summed E-state index contributed by atoms with van der Waals surface area (Å²) in [5, 5.41) is 19.0. The Labute approximate surface area is 140 Å². The molecule has 0 aliphatic carbocycles. The van der Waals surface area contributed by atoms with Gasteiger partial charge < -0.3 is 14.6 Å². The van der Waals surface area contributed by atoms with E-state index in [2.05, 4.69) is 10.3 Å². The Bertz CT molecular complexity index is 871. The molecule has 1 aromatic heterocycles. The van der Waals surface area contributed by atoms with Gasteiger partial charge in [-0.25, -0.2) is 4.68 Å². The first kappa shape index (κ1) is 16.1. The summed E-state index contributed by atoms with van der Waals surface area (Å²) in [5.74, 6) is 1.41. The number of methoxy groups -OCH3 is 2. The number of nitrogens with zero attached hydrogens (tertiary/aromatic N) is 3. The largest absolute Gasteiger partial charge is 0.504 e. The zero-order valence-electron chi connectivity index (χ0n) is 14.3. The highest BCUT2D eigenvalue weighted by atomic mass is 16.5. The lowest BCUT2D eigenvalue weighted by atomic mass is 9.97. The minimum absolute atomic E-state index is 0.113. The molecule has 6 nitrogen and oxygen atoms in total. The van der Waals surface area contributed by atoms with E-state index in [1.807, 2.05) is 44.2 Å². The summed E-state index contributed by atoms with van der Waals surface area (Å²) in [4.78, 5) is 0. The van der Waals surface area contributed by atoms with Gasteiger partial charge in [-0.1, -0.05) is 31.2 Å². The molecule has 0 unspecified atom stereocenters. The number of aromatic hydroxyl groups is 1. The lowest BCUT2D eigenvalue weighted by Gasteiger charge is -2.19. The number of rotatable bonds is 5. The topological polar surface area (TPSA) is 69.4 Å². The average Bonchev–Trinajstić information content (AvgIpc) is 2.99. The summed E-state index contributed by atoms with van der Waals surface area (Å²) in [6.45, 7) is 4.44. The van der Waals surface area contributed by atoms with Gasteiger partial charge in [-0.15, -0.1) is 5.10 Å². The van der Waals surface area contributed by atoms with Crippen LogP contribution in [-0.2, 0) is 6.54 Å². The van der Waals surface area contributed by atoms with E-state index < -0.39 is 0 Å². The van der Waals surface area contributed by atoms with Gasteiger partial charge in [-0.3, -0.25) is 0 Å². The van der Waals surface area contributed by atoms with Gasteiger partial charge in [0, 0.05) is 11.1 Å². The van der Waals surface area contributed by atoms with Gasteiger partial charge in [0.15, 0.2) is 11.5 Å². The standard InChI is InChI=1S/C18H21N3O3/c1-11(2)16-15(23-3)9-12(17(22)18(16)24-4)10-21-14-8-6-5-7-13(14)19-20-21/h5-9,11,22H,10H2,1-4H3. The highest BCUT2D eigenvalue weighted by Crippen LogP contribution is 2.44. The van der Waals surface area contributed by atoms with E-state index in [1.54, 1.807) is 18.9 Å². The van der Waals surface area contributed by atoms with E-state index in [0.717, 1.165) is 16.6 Å². The van der Waals surface area contributed by atoms with Gasteiger partial charge in [-0.2, -0.15) is 0 Å². The molecule has 0 amide bonds. The number of hydrogen-bond acceptors (Lipinski definition) is 5. The Kier molecular flexibility index (Phi) is 4.29. The van der Waals surface area contributed by atoms with Crippen LogP contribution in [0, 0.1) is 0 Å². The van der Waals surface area contributed by atoms with Crippen LogP contribution in [0.4, 0.5) is 0 Å². The summed E-state index contributed by atoms with van der Waals surface area (Å²) in [6, 6.07) is 9.54. The van der Waals surface area contributed by atoms with Crippen LogP contribution < -0.4 is 9.47 Å². The normalized spacial score (nSPS) is 11.2. The fourth-order valence-electron chi connectivity index (χ4n) is 2.93. The SMILES string of the molecule is COc1cc(Cn2nnc3ccccc32)c(O)c(OC)c1C(C)C. The quantitative estimate of drug-likeness (QED) is 0.778. The fraction of sp³-hybridized carbons (Fsp3) is 0.333. The maximum absolute atomic E-state index is 10.7. The summed E-state index contributed by atoms with van der Waals surface area (Å²) in [6.07, 6.45) is 0. The van der Waals surface area contributed by atoms with Crippen molar-refractivity contribution in [2.24, 2.45) is 0 Å². The predicted molar refractivity (Wildman–Crippen MR) is 91.9 cm³/mol. The highest BCUT2D eigenvalue weighted by Gasteiger charge is 2.22. The molecule has 0 radical (unpaired) electrons. The Morgan fingerprint density at radius 2 is 1.92 bits per heavy atom. The maximum atomic E-state index is 10.7. The summed E-state index contributed by atoms with van der Waals surface area (Å²) >= 11 is 0. The first-order valence-corrected chi connectivity index (χ1v) is 7.81. The zero-order valence-corrected chi connectivity index (χ0v) is 14.3. The van der Waals surface area contributed by atoms with E-state index in [4.69, 9.17) is 9.47 Å².